The van der Waals surface area contributed by atoms with Gasteiger partial charge in [0.15, 0.2) is 0 Å². The van der Waals surface area contributed by atoms with Gasteiger partial charge < -0.3 is 9.72 Å². The van der Waals surface area contributed by atoms with E-state index < -0.39 is 0 Å². The summed E-state index contributed by atoms with van der Waals surface area (Å²) >= 11 is 0. The van der Waals surface area contributed by atoms with E-state index in [1.165, 1.54) is 17.7 Å². The number of hydrogen-bond acceptors (Lipinski definition) is 2. The topological polar surface area (TPSA) is 29.3 Å². The maximum absolute atomic E-state index is 4.45. The first-order valence-corrected chi connectivity index (χ1v) is 6.27. The Morgan fingerprint density at radius 3 is 2.76 bits per heavy atom. The lowest BCUT2D eigenvalue weighted by Crippen LogP contribution is -2.37. The lowest BCUT2D eigenvalue weighted by molar-refractivity contribution is 0.366. The first-order valence-electron chi connectivity index (χ1n) is 6.27. The summed E-state index contributed by atoms with van der Waals surface area (Å²) in [6, 6.07) is 4.73. The molecule has 2 aromatic heterocycles. The SMILES string of the molecule is CC(C)(C)c1cc2ncccn2c1C1CCN1. The molecular formula is C14H19N3. The zero-order chi connectivity index (χ0) is 12.0. The van der Waals surface area contributed by atoms with E-state index in [9.17, 15) is 0 Å². The van der Waals surface area contributed by atoms with E-state index in [1.54, 1.807) is 0 Å². The predicted octanol–water partition coefficient (Wildman–Crippen LogP) is 2.67. The van der Waals surface area contributed by atoms with Gasteiger partial charge >= 0.3 is 0 Å². The number of hydrogen-bond donors (Lipinski definition) is 1. The standard InChI is InChI=1S/C14H19N3/c1-14(2,3)10-9-12-16-6-4-8-17(12)13(10)11-5-7-15-11/h4,6,8-9,11,15H,5,7H2,1-3H3. The minimum atomic E-state index is 0.167. The van der Waals surface area contributed by atoms with Gasteiger partial charge in [0.1, 0.15) is 5.65 Å². The van der Waals surface area contributed by atoms with Crippen molar-refractivity contribution in [3.63, 3.8) is 0 Å². The van der Waals surface area contributed by atoms with Crippen molar-refractivity contribution in [3.8, 4) is 0 Å². The number of nitrogens with zero attached hydrogens (tertiary/aromatic N) is 2. The van der Waals surface area contributed by atoms with Crippen LogP contribution in [0.5, 0.6) is 0 Å². The van der Waals surface area contributed by atoms with Gasteiger partial charge in [0.2, 0.25) is 0 Å². The molecule has 0 amide bonds. The van der Waals surface area contributed by atoms with E-state index in [0.717, 1.165) is 12.2 Å². The quantitative estimate of drug-likeness (QED) is 0.814. The van der Waals surface area contributed by atoms with Crippen molar-refractivity contribution in [1.82, 2.24) is 14.7 Å². The van der Waals surface area contributed by atoms with Crippen molar-refractivity contribution in [2.75, 3.05) is 6.54 Å². The first-order chi connectivity index (χ1) is 8.07. The van der Waals surface area contributed by atoms with Gasteiger partial charge in [-0.3, -0.25) is 0 Å². The van der Waals surface area contributed by atoms with Crippen LogP contribution < -0.4 is 5.32 Å². The summed E-state index contributed by atoms with van der Waals surface area (Å²) in [5.74, 6) is 0. The van der Waals surface area contributed by atoms with E-state index >= 15 is 0 Å². The van der Waals surface area contributed by atoms with Crippen molar-refractivity contribution in [2.24, 2.45) is 0 Å². The molecule has 0 spiro atoms. The highest BCUT2D eigenvalue weighted by Crippen LogP contribution is 2.35. The highest BCUT2D eigenvalue weighted by Gasteiger charge is 2.29. The van der Waals surface area contributed by atoms with Crippen LogP contribution in [0.3, 0.4) is 0 Å². The molecule has 3 nitrogen and oxygen atoms in total. The maximum atomic E-state index is 4.45. The van der Waals surface area contributed by atoms with Crippen LogP contribution in [0.4, 0.5) is 0 Å². The summed E-state index contributed by atoms with van der Waals surface area (Å²) in [4.78, 5) is 4.45. The van der Waals surface area contributed by atoms with E-state index in [0.29, 0.717) is 6.04 Å². The largest absolute Gasteiger partial charge is 0.309 e. The number of nitrogens with one attached hydrogen (secondary N) is 1. The lowest BCUT2D eigenvalue weighted by Gasteiger charge is -2.31. The molecule has 90 valence electrons. The van der Waals surface area contributed by atoms with Crippen LogP contribution in [0, 0.1) is 0 Å². The Labute approximate surface area is 102 Å². The third-order valence-electron chi connectivity index (χ3n) is 3.55. The van der Waals surface area contributed by atoms with E-state index in [-0.39, 0.29) is 5.41 Å². The second-order valence-electron chi connectivity index (χ2n) is 5.84. The summed E-state index contributed by atoms with van der Waals surface area (Å²) in [6.07, 6.45) is 5.21. The van der Waals surface area contributed by atoms with Crippen LogP contribution in [0.25, 0.3) is 5.65 Å². The normalized spacial score (nSPS) is 20.5. The van der Waals surface area contributed by atoms with Crippen molar-refractivity contribution in [1.29, 1.82) is 0 Å². The molecule has 1 atom stereocenters. The Morgan fingerprint density at radius 1 is 1.41 bits per heavy atom. The summed E-state index contributed by atoms with van der Waals surface area (Å²) in [5, 5.41) is 3.50. The molecule has 0 aromatic carbocycles. The fourth-order valence-corrected chi connectivity index (χ4v) is 2.50. The zero-order valence-corrected chi connectivity index (χ0v) is 10.7. The third kappa shape index (κ3) is 1.65. The Morgan fingerprint density at radius 2 is 2.18 bits per heavy atom. The molecular weight excluding hydrogens is 210 g/mol. The number of aromatic nitrogens is 2. The smallest absolute Gasteiger partial charge is 0.137 e. The predicted molar refractivity (Wildman–Crippen MR) is 69.3 cm³/mol. The summed E-state index contributed by atoms with van der Waals surface area (Å²) in [7, 11) is 0. The van der Waals surface area contributed by atoms with Crippen LogP contribution in [-0.2, 0) is 5.41 Å². The summed E-state index contributed by atoms with van der Waals surface area (Å²) < 4.78 is 2.23. The average Bonchev–Trinajstić information content (AvgIpc) is 2.55. The van der Waals surface area contributed by atoms with Crippen molar-refractivity contribution in [3.05, 3.63) is 35.8 Å². The molecule has 0 radical (unpaired) electrons. The number of fused-ring (bicyclic) bond motifs is 1. The first kappa shape index (κ1) is 10.8. The van der Waals surface area contributed by atoms with E-state index in [4.69, 9.17) is 0 Å². The Kier molecular flexibility index (Phi) is 2.26. The molecule has 3 heterocycles. The molecule has 1 aliphatic rings. The lowest BCUT2D eigenvalue weighted by atomic mass is 9.84. The molecule has 2 aromatic rings. The zero-order valence-electron chi connectivity index (χ0n) is 10.7. The van der Waals surface area contributed by atoms with Crippen LogP contribution >= 0.6 is 0 Å². The third-order valence-corrected chi connectivity index (χ3v) is 3.55. The molecule has 1 saturated heterocycles. The minimum absolute atomic E-state index is 0.167. The van der Waals surface area contributed by atoms with E-state index in [2.05, 4.69) is 47.7 Å². The van der Waals surface area contributed by atoms with Gasteiger partial charge in [0, 0.05) is 24.1 Å². The fourth-order valence-electron chi connectivity index (χ4n) is 2.50. The Balaban J connectivity index is 2.25. The second kappa shape index (κ2) is 3.57. The van der Waals surface area contributed by atoms with Gasteiger partial charge in [-0.25, -0.2) is 4.98 Å². The van der Waals surface area contributed by atoms with E-state index in [1.807, 2.05) is 12.3 Å². The van der Waals surface area contributed by atoms with Gasteiger partial charge in [-0.05, 0) is 36.1 Å². The second-order valence-corrected chi connectivity index (χ2v) is 5.84. The molecule has 3 rings (SSSR count). The van der Waals surface area contributed by atoms with Crippen molar-refractivity contribution in [2.45, 2.75) is 38.6 Å². The molecule has 0 aliphatic carbocycles. The van der Waals surface area contributed by atoms with Crippen molar-refractivity contribution < 1.29 is 0 Å². The number of rotatable bonds is 1. The van der Waals surface area contributed by atoms with Gasteiger partial charge in [0.25, 0.3) is 0 Å². The van der Waals surface area contributed by atoms with Gasteiger partial charge in [-0.2, -0.15) is 0 Å². The molecule has 17 heavy (non-hydrogen) atoms. The van der Waals surface area contributed by atoms with Gasteiger partial charge in [-0.15, -0.1) is 0 Å². The molecule has 3 heteroatoms. The summed E-state index contributed by atoms with van der Waals surface area (Å²) in [6.45, 7) is 7.93. The van der Waals surface area contributed by atoms with Crippen LogP contribution in [0.15, 0.2) is 24.5 Å². The molecule has 0 saturated carbocycles. The van der Waals surface area contributed by atoms with Gasteiger partial charge in [-0.1, -0.05) is 20.8 Å². The fraction of sp³-hybridized carbons (Fsp3) is 0.500. The summed E-state index contributed by atoms with van der Waals surface area (Å²) in [5.41, 5.74) is 4.03. The van der Waals surface area contributed by atoms with Crippen LogP contribution in [-0.4, -0.2) is 15.9 Å². The molecule has 1 fully saturated rings. The van der Waals surface area contributed by atoms with Crippen LogP contribution in [0.2, 0.25) is 0 Å². The molecule has 1 unspecified atom stereocenters. The molecule has 0 bridgehead atoms. The minimum Gasteiger partial charge on any atom is -0.309 e. The molecule has 1 N–H and O–H groups in total. The van der Waals surface area contributed by atoms with Crippen LogP contribution in [0.1, 0.15) is 44.5 Å². The van der Waals surface area contributed by atoms with Gasteiger partial charge in [0.05, 0.1) is 0 Å². The maximum Gasteiger partial charge on any atom is 0.137 e. The Hall–Kier alpha value is -1.35. The molecule has 1 aliphatic heterocycles. The highest BCUT2D eigenvalue weighted by atomic mass is 15.1. The highest BCUT2D eigenvalue weighted by molar-refractivity contribution is 5.50. The van der Waals surface area contributed by atoms with Crippen molar-refractivity contribution >= 4 is 5.65 Å². The monoisotopic (exact) mass is 229 g/mol. The average molecular weight is 229 g/mol. The Bertz CT molecular complexity index is 544.